The van der Waals surface area contributed by atoms with Crippen LogP contribution in [0, 0.1) is 0 Å². The van der Waals surface area contributed by atoms with Crippen LogP contribution in [0.5, 0.6) is 0 Å². The lowest BCUT2D eigenvalue weighted by molar-refractivity contribution is 0.608. The lowest BCUT2D eigenvalue weighted by Crippen LogP contribution is -2.04. The van der Waals surface area contributed by atoms with E-state index in [1.807, 2.05) is 23.9 Å². The fourth-order valence-corrected chi connectivity index (χ4v) is 3.86. The van der Waals surface area contributed by atoms with Crippen LogP contribution >= 0.6 is 22.4 Å². The summed E-state index contributed by atoms with van der Waals surface area (Å²) in [4.78, 5) is 1.29. The van der Waals surface area contributed by atoms with Gasteiger partial charge >= 0.3 is 0 Å². The molecule has 1 unspecified atom stereocenters. The summed E-state index contributed by atoms with van der Waals surface area (Å²) in [7, 11) is 1.84. The van der Waals surface area contributed by atoms with Crippen LogP contribution in [0.25, 0.3) is 0 Å². The molecule has 2 rings (SSSR count). The molecule has 1 aliphatic rings. The molecule has 0 fully saturated rings. The molecule has 2 nitrogen and oxygen atoms in total. The van der Waals surface area contributed by atoms with Crippen LogP contribution in [0.2, 0.25) is 0 Å². The summed E-state index contributed by atoms with van der Waals surface area (Å²) in [6, 6.07) is 6.09. The van der Waals surface area contributed by atoms with E-state index in [9.17, 15) is 8.42 Å². The van der Waals surface area contributed by atoms with Crippen LogP contribution in [0.1, 0.15) is 18.1 Å². The molecule has 16 heavy (non-hydrogen) atoms. The van der Waals surface area contributed by atoms with Gasteiger partial charge in [-0.2, -0.15) is 0 Å². The molecule has 0 N–H and O–H groups in total. The third kappa shape index (κ3) is 2.93. The standard InChI is InChI=1S/C11H13ClO2S2/c1-8-7-10-9(5-6-16(12,13)14)3-2-4-11(10)15-8/h2-4,8H,5-7H2,1H3. The van der Waals surface area contributed by atoms with E-state index in [4.69, 9.17) is 10.7 Å². The molecular weight excluding hydrogens is 264 g/mol. The Bertz CT molecular complexity index is 497. The van der Waals surface area contributed by atoms with Crippen molar-refractivity contribution in [2.75, 3.05) is 5.75 Å². The molecule has 0 spiro atoms. The number of aryl methyl sites for hydroxylation is 1. The molecule has 0 bridgehead atoms. The van der Waals surface area contributed by atoms with Gasteiger partial charge in [0.15, 0.2) is 0 Å². The fraction of sp³-hybridized carbons (Fsp3) is 0.455. The molecule has 1 aromatic rings. The van der Waals surface area contributed by atoms with Crippen LogP contribution < -0.4 is 0 Å². The molecule has 5 heteroatoms. The first-order valence-electron chi connectivity index (χ1n) is 5.15. The average Bonchev–Trinajstić information content (AvgIpc) is 2.54. The summed E-state index contributed by atoms with van der Waals surface area (Å²) in [6.45, 7) is 2.19. The first-order chi connectivity index (χ1) is 7.46. The molecule has 0 aliphatic carbocycles. The predicted molar refractivity (Wildman–Crippen MR) is 68.8 cm³/mol. The molecule has 0 amide bonds. The van der Waals surface area contributed by atoms with Crippen molar-refractivity contribution in [1.82, 2.24) is 0 Å². The lowest BCUT2D eigenvalue weighted by Gasteiger charge is -2.06. The van der Waals surface area contributed by atoms with Gasteiger partial charge in [0.25, 0.3) is 0 Å². The highest BCUT2D eigenvalue weighted by molar-refractivity contribution is 8.13. The zero-order valence-corrected chi connectivity index (χ0v) is 11.3. The van der Waals surface area contributed by atoms with Gasteiger partial charge < -0.3 is 0 Å². The third-order valence-electron chi connectivity index (χ3n) is 2.67. The van der Waals surface area contributed by atoms with Crippen LogP contribution in [0.15, 0.2) is 23.1 Å². The highest BCUT2D eigenvalue weighted by Crippen LogP contribution is 2.38. The molecule has 1 heterocycles. The SMILES string of the molecule is CC1Cc2c(CCS(=O)(=O)Cl)cccc2S1. The average molecular weight is 277 g/mol. The molecule has 0 saturated heterocycles. The predicted octanol–water partition coefficient (Wildman–Crippen LogP) is 2.83. The number of rotatable bonds is 3. The maximum absolute atomic E-state index is 10.9. The number of halogens is 1. The van der Waals surface area contributed by atoms with Crippen molar-refractivity contribution in [1.29, 1.82) is 0 Å². The number of hydrogen-bond acceptors (Lipinski definition) is 3. The van der Waals surface area contributed by atoms with E-state index in [1.54, 1.807) is 0 Å². The van der Waals surface area contributed by atoms with E-state index in [2.05, 4.69) is 13.0 Å². The molecule has 1 aliphatic heterocycles. The summed E-state index contributed by atoms with van der Waals surface area (Å²) >= 11 is 1.86. The van der Waals surface area contributed by atoms with Crippen molar-refractivity contribution in [3.05, 3.63) is 29.3 Å². The Morgan fingerprint density at radius 2 is 2.25 bits per heavy atom. The maximum Gasteiger partial charge on any atom is 0.232 e. The van der Waals surface area contributed by atoms with E-state index in [1.165, 1.54) is 10.5 Å². The van der Waals surface area contributed by atoms with E-state index in [0.717, 1.165) is 12.0 Å². The maximum atomic E-state index is 10.9. The molecule has 1 aromatic carbocycles. The second-order valence-electron chi connectivity index (χ2n) is 4.02. The number of benzene rings is 1. The topological polar surface area (TPSA) is 34.1 Å². The minimum atomic E-state index is -3.39. The Balaban J connectivity index is 2.21. The Hall–Kier alpha value is -0.190. The monoisotopic (exact) mass is 276 g/mol. The van der Waals surface area contributed by atoms with Gasteiger partial charge in [-0.3, -0.25) is 0 Å². The number of thioether (sulfide) groups is 1. The van der Waals surface area contributed by atoms with Gasteiger partial charge in [-0.05, 0) is 30.0 Å². The van der Waals surface area contributed by atoms with Gasteiger partial charge in [-0.1, -0.05) is 19.1 Å². The van der Waals surface area contributed by atoms with Crippen molar-refractivity contribution < 1.29 is 8.42 Å². The Morgan fingerprint density at radius 3 is 2.94 bits per heavy atom. The normalized spacial score (nSPS) is 19.8. The van der Waals surface area contributed by atoms with Gasteiger partial charge in [-0.25, -0.2) is 8.42 Å². The van der Waals surface area contributed by atoms with Gasteiger partial charge in [0.2, 0.25) is 9.05 Å². The summed E-state index contributed by atoms with van der Waals surface area (Å²) in [6.07, 6.45) is 1.54. The lowest BCUT2D eigenvalue weighted by atomic mass is 10.0. The van der Waals surface area contributed by atoms with Crippen molar-refractivity contribution >= 4 is 31.5 Å². The zero-order valence-electron chi connectivity index (χ0n) is 8.94. The summed E-state index contributed by atoms with van der Waals surface area (Å²) in [5, 5.41) is 0.587. The number of hydrogen-bond donors (Lipinski definition) is 0. The van der Waals surface area contributed by atoms with Gasteiger partial charge in [0, 0.05) is 20.8 Å². The Kier molecular flexibility index (Phi) is 3.52. The summed E-state index contributed by atoms with van der Waals surface area (Å²) in [5.41, 5.74) is 2.43. The minimum absolute atomic E-state index is 0.0179. The van der Waals surface area contributed by atoms with Crippen LogP contribution in [0.3, 0.4) is 0 Å². The summed E-state index contributed by atoms with van der Waals surface area (Å²) in [5.74, 6) is 0.0179. The van der Waals surface area contributed by atoms with Gasteiger partial charge in [-0.15, -0.1) is 11.8 Å². The van der Waals surface area contributed by atoms with Gasteiger partial charge in [0.05, 0.1) is 5.75 Å². The highest BCUT2D eigenvalue weighted by Gasteiger charge is 2.21. The van der Waals surface area contributed by atoms with Crippen LogP contribution in [-0.2, 0) is 21.9 Å². The van der Waals surface area contributed by atoms with E-state index in [-0.39, 0.29) is 5.75 Å². The molecule has 88 valence electrons. The van der Waals surface area contributed by atoms with Crippen molar-refractivity contribution in [2.45, 2.75) is 29.9 Å². The van der Waals surface area contributed by atoms with Crippen molar-refractivity contribution in [3.63, 3.8) is 0 Å². The molecular formula is C11H13ClO2S2. The molecule has 0 radical (unpaired) electrons. The highest BCUT2D eigenvalue weighted by atomic mass is 35.7. The second kappa shape index (κ2) is 4.59. The largest absolute Gasteiger partial charge is 0.232 e. The van der Waals surface area contributed by atoms with Crippen LogP contribution in [-0.4, -0.2) is 19.4 Å². The Morgan fingerprint density at radius 1 is 1.50 bits per heavy atom. The fourth-order valence-electron chi connectivity index (χ4n) is 1.97. The molecule has 1 atom stereocenters. The second-order valence-corrected chi connectivity index (χ2v) is 8.40. The first kappa shape index (κ1) is 12.3. The third-order valence-corrected chi connectivity index (χ3v) is 5.03. The van der Waals surface area contributed by atoms with E-state index in [0.29, 0.717) is 11.7 Å². The van der Waals surface area contributed by atoms with E-state index < -0.39 is 9.05 Å². The summed E-state index contributed by atoms with van der Waals surface area (Å²) < 4.78 is 21.9. The molecule has 0 aromatic heterocycles. The number of fused-ring (bicyclic) bond motifs is 1. The van der Waals surface area contributed by atoms with E-state index >= 15 is 0 Å². The smallest absolute Gasteiger partial charge is 0.212 e. The minimum Gasteiger partial charge on any atom is -0.212 e. The van der Waals surface area contributed by atoms with Crippen molar-refractivity contribution in [2.24, 2.45) is 0 Å². The quantitative estimate of drug-likeness (QED) is 0.796. The Labute approximate surface area is 105 Å². The molecule has 0 saturated carbocycles. The van der Waals surface area contributed by atoms with Gasteiger partial charge in [0.1, 0.15) is 0 Å². The zero-order chi connectivity index (χ0) is 11.8. The van der Waals surface area contributed by atoms with Crippen LogP contribution in [0.4, 0.5) is 0 Å². The first-order valence-corrected chi connectivity index (χ1v) is 8.51. The van der Waals surface area contributed by atoms with Crippen molar-refractivity contribution in [3.8, 4) is 0 Å².